The van der Waals surface area contributed by atoms with Crippen molar-refractivity contribution < 1.29 is 117 Å². The molecule has 0 saturated carbocycles. The molecule has 21 heavy (non-hydrogen) atoms. The molecule has 0 aliphatic heterocycles. The van der Waals surface area contributed by atoms with Gasteiger partial charge in [0.05, 0.1) is 0 Å². The Morgan fingerprint density at radius 1 is 0.381 bits per heavy atom. The topological polar surface area (TPSA) is 547 Å². The summed E-state index contributed by atoms with van der Waals surface area (Å²) < 4.78 is 31.6. The van der Waals surface area contributed by atoms with Crippen LogP contribution in [-0.4, -0.2) is 99.7 Å². The summed E-state index contributed by atoms with van der Waals surface area (Å²) in [7, 11) is -4.67. The summed E-state index contributed by atoms with van der Waals surface area (Å²) in [4.78, 5) is 0. The molecular formula is H32CrO19S. The van der Waals surface area contributed by atoms with Gasteiger partial charge in [-0.25, -0.2) is 0 Å². The summed E-state index contributed by atoms with van der Waals surface area (Å²) in [5.41, 5.74) is 0. The van der Waals surface area contributed by atoms with Crippen LogP contribution in [-0.2, 0) is 27.8 Å². The van der Waals surface area contributed by atoms with Crippen LogP contribution in [0.25, 0.3) is 0 Å². The molecule has 0 heterocycles. The molecule has 158 valence electrons. The van der Waals surface area contributed by atoms with Crippen molar-refractivity contribution in [3.63, 3.8) is 0 Å². The van der Waals surface area contributed by atoms with Crippen LogP contribution in [0.5, 0.6) is 0 Å². The Labute approximate surface area is 128 Å². The van der Waals surface area contributed by atoms with Crippen molar-refractivity contribution in [2.45, 2.75) is 0 Å². The van der Waals surface area contributed by atoms with E-state index >= 15 is 0 Å². The molecule has 0 amide bonds. The molecule has 0 bridgehead atoms. The van der Waals surface area contributed by atoms with E-state index in [4.69, 9.17) is 17.5 Å². The fraction of sp³-hybridized carbons (Fsp3) is 0. The third-order valence-electron chi connectivity index (χ3n) is 0. The van der Waals surface area contributed by atoms with E-state index < -0.39 is 10.4 Å². The molecule has 21 heteroatoms. The first-order valence-electron chi connectivity index (χ1n) is 0.698. The van der Waals surface area contributed by atoms with Crippen LogP contribution in [0.3, 0.4) is 0 Å². The van der Waals surface area contributed by atoms with Crippen LogP contribution < -0.4 is 0 Å². The molecule has 0 aliphatic rings. The SMILES string of the molecule is O.O.O.O.O.O.O.O.O.O.O.O.O.O.O.O=S(=O)(O)O.[Cr]. The van der Waals surface area contributed by atoms with Gasteiger partial charge in [-0.15, -0.1) is 0 Å². The van der Waals surface area contributed by atoms with E-state index in [1.165, 1.54) is 0 Å². The molecule has 0 rings (SSSR count). The van der Waals surface area contributed by atoms with E-state index in [9.17, 15) is 0 Å². The van der Waals surface area contributed by atoms with Crippen molar-refractivity contribution in [3.8, 4) is 0 Å². The van der Waals surface area contributed by atoms with Crippen LogP contribution in [0.4, 0.5) is 0 Å². The minimum absolute atomic E-state index is 0. The standard InChI is InChI=1S/Cr.H2O4S.15H2O/c;1-5(2,3)4;;;;;;;;;;;;;;;/h;(H2,1,2,3,4);15*1H2. The average molecular weight is 420 g/mol. The zero-order chi connectivity index (χ0) is 4.50. The van der Waals surface area contributed by atoms with Crippen LogP contribution in [0.15, 0.2) is 0 Å². The predicted molar refractivity (Wildman–Crippen MR) is 68.4 cm³/mol. The minimum Gasteiger partial charge on any atom is -0.412 e. The van der Waals surface area contributed by atoms with Crippen molar-refractivity contribution in [1.82, 2.24) is 0 Å². The number of rotatable bonds is 0. The van der Waals surface area contributed by atoms with Gasteiger partial charge in [0.25, 0.3) is 0 Å². The zero-order valence-electron chi connectivity index (χ0n) is 10.0. The van der Waals surface area contributed by atoms with Crippen LogP contribution in [0.1, 0.15) is 0 Å². The number of hydrogen-bond acceptors (Lipinski definition) is 2. The average Bonchev–Trinajstić information content (AvgIpc) is 0.722. The Bertz CT molecular complexity index is 94.7. The van der Waals surface area contributed by atoms with Crippen LogP contribution in [0, 0.1) is 0 Å². The molecule has 0 unspecified atom stereocenters. The summed E-state index contributed by atoms with van der Waals surface area (Å²) in [5.74, 6) is 0. The fourth-order valence-electron chi connectivity index (χ4n) is 0. The van der Waals surface area contributed by atoms with E-state index in [0.717, 1.165) is 0 Å². The molecule has 0 spiro atoms. The van der Waals surface area contributed by atoms with Crippen molar-refractivity contribution in [2.24, 2.45) is 0 Å². The van der Waals surface area contributed by atoms with E-state index in [1.54, 1.807) is 0 Å². The largest absolute Gasteiger partial charge is 0.412 e. The normalized spacial score (nSPS) is 2.76. The Morgan fingerprint density at radius 3 is 0.381 bits per heavy atom. The smallest absolute Gasteiger partial charge is 0.394 e. The fourth-order valence-corrected chi connectivity index (χ4v) is 0. The predicted octanol–water partition coefficient (Wildman–Crippen LogP) is -13.0. The quantitative estimate of drug-likeness (QED) is 0.360. The maximum atomic E-state index is 8.74. The van der Waals surface area contributed by atoms with Crippen molar-refractivity contribution in [3.05, 3.63) is 0 Å². The summed E-state index contributed by atoms with van der Waals surface area (Å²) in [6.45, 7) is 0. The van der Waals surface area contributed by atoms with E-state index in [-0.39, 0.29) is 99.5 Å². The van der Waals surface area contributed by atoms with Crippen molar-refractivity contribution in [1.29, 1.82) is 0 Å². The Balaban J connectivity index is -0.000000000667. The molecule has 19 nitrogen and oxygen atoms in total. The van der Waals surface area contributed by atoms with Gasteiger partial charge < -0.3 is 82.1 Å². The maximum absolute atomic E-state index is 8.74. The minimum atomic E-state index is -4.67. The zero-order valence-corrected chi connectivity index (χ0v) is 12.1. The second-order valence-corrected chi connectivity index (χ2v) is 1.34. The van der Waals surface area contributed by atoms with E-state index in [2.05, 4.69) is 0 Å². The van der Waals surface area contributed by atoms with E-state index in [0.29, 0.717) is 0 Å². The first kappa shape index (κ1) is 564. The number of hydrogen-bond donors (Lipinski definition) is 2. The second kappa shape index (κ2) is 208. The Kier molecular flexibility index (Phi) is 5590. The van der Waals surface area contributed by atoms with Gasteiger partial charge in [-0.1, -0.05) is 0 Å². The van der Waals surface area contributed by atoms with Gasteiger partial charge in [0.2, 0.25) is 0 Å². The van der Waals surface area contributed by atoms with Gasteiger partial charge in [0.15, 0.2) is 0 Å². The van der Waals surface area contributed by atoms with Crippen LogP contribution >= 0.6 is 0 Å². The van der Waals surface area contributed by atoms with Gasteiger partial charge in [0, 0.05) is 17.4 Å². The molecule has 32 N–H and O–H groups in total. The molecule has 0 atom stereocenters. The monoisotopic (exact) mass is 420 g/mol. The second-order valence-electron chi connectivity index (χ2n) is 0.448. The molecule has 0 saturated heterocycles. The molecule has 0 radical (unpaired) electrons. The summed E-state index contributed by atoms with van der Waals surface area (Å²) in [6, 6.07) is 0. The van der Waals surface area contributed by atoms with Gasteiger partial charge >= 0.3 is 10.4 Å². The van der Waals surface area contributed by atoms with Gasteiger partial charge in [-0.2, -0.15) is 8.42 Å². The van der Waals surface area contributed by atoms with Gasteiger partial charge in [0.1, 0.15) is 0 Å². The summed E-state index contributed by atoms with van der Waals surface area (Å²) in [6.07, 6.45) is 0. The Hall–Kier alpha value is -0.198. The van der Waals surface area contributed by atoms with Crippen LogP contribution in [0.2, 0.25) is 0 Å². The molecule has 0 aromatic carbocycles. The van der Waals surface area contributed by atoms with Gasteiger partial charge in [-0.05, 0) is 0 Å². The third kappa shape index (κ3) is 161000. The van der Waals surface area contributed by atoms with Gasteiger partial charge in [-0.3, -0.25) is 9.11 Å². The van der Waals surface area contributed by atoms with Crippen molar-refractivity contribution >= 4 is 10.4 Å². The first-order valence-corrected chi connectivity index (χ1v) is 2.10. The summed E-state index contributed by atoms with van der Waals surface area (Å²) in [5, 5.41) is 0. The molecule has 0 aromatic rings. The first-order chi connectivity index (χ1) is 2.00. The molecule has 0 fully saturated rings. The maximum Gasteiger partial charge on any atom is 0.394 e. The Morgan fingerprint density at radius 2 is 0.381 bits per heavy atom. The van der Waals surface area contributed by atoms with E-state index in [1.807, 2.05) is 0 Å². The third-order valence-corrected chi connectivity index (χ3v) is 0. The summed E-state index contributed by atoms with van der Waals surface area (Å²) >= 11 is 0. The van der Waals surface area contributed by atoms with Crippen molar-refractivity contribution in [2.75, 3.05) is 0 Å². The molecular weight excluding hydrogens is 388 g/mol. The molecule has 0 aliphatic carbocycles. The molecule has 0 aromatic heterocycles.